The van der Waals surface area contributed by atoms with Gasteiger partial charge in [-0.3, -0.25) is 4.57 Å². The fraction of sp³-hybridized carbons (Fsp3) is 0.533. The molecular formula is C15H17F3N8OS. The number of fused-ring (bicyclic) bond motifs is 1. The van der Waals surface area contributed by atoms with Gasteiger partial charge in [-0.1, -0.05) is 0 Å². The monoisotopic (exact) mass is 414 g/mol. The van der Waals surface area contributed by atoms with Crippen LogP contribution in [0.2, 0.25) is 0 Å². The van der Waals surface area contributed by atoms with E-state index in [1.165, 1.54) is 11.8 Å². The van der Waals surface area contributed by atoms with E-state index < -0.39 is 12.0 Å². The lowest BCUT2D eigenvalue weighted by Crippen LogP contribution is -2.38. The zero-order valence-corrected chi connectivity index (χ0v) is 16.0. The Labute approximate surface area is 161 Å². The molecule has 9 nitrogen and oxygen atoms in total. The first-order chi connectivity index (χ1) is 13.4. The van der Waals surface area contributed by atoms with Gasteiger partial charge in [0.15, 0.2) is 5.16 Å². The van der Waals surface area contributed by atoms with Crippen molar-refractivity contribution in [3.63, 3.8) is 0 Å². The molecule has 0 N–H and O–H groups in total. The third kappa shape index (κ3) is 3.51. The Morgan fingerprint density at radius 3 is 2.61 bits per heavy atom. The smallest absolute Gasteiger partial charge is 0.378 e. The number of aryl methyl sites for hydroxylation is 1. The van der Waals surface area contributed by atoms with E-state index in [9.17, 15) is 13.2 Å². The summed E-state index contributed by atoms with van der Waals surface area (Å²) >= 11 is 1.18. The van der Waals surface area contributed by atoms with Gasteiger partial charge in [0.25, 0.3) is 11.6 Å². The Kier molecular flexibility index (Phi) is 4.87. The van der Waals surface area contributed by atoms with Gasteiger partial charge >= 0.3 is 6.18 Å². The number of rotatable bonds is 4. The average molecular weight is 414 g/mol. The quantitative estimate of drug-likeness (QED) is 0.600. The Balaban J connectivity index is 1.72. The summed E-state index contributed by atoms with van der Waals surface area (Å²) in [5.74, 6) is -0.617. The van der Waals surface area contributed by atoms with Crippen molar-refractivity contribution >= 4 is 23.5 Å². The van der Waals surface area contributed by atoms with E-state index in [0.29, 0.717) is 54.7 Å². The number of halogens is 3. The second-order valence-corrected chi connectivity index (χ2v) is 7.10. The molecule has 4 heterocycles. The van der Waals surface area contributed by atoms with Crippen molar-refractivity contribution in [2.24, 2.45) is 0 Å². The average Bonchev–Trinajstić information content (AvgIpc) is 3.26. The van der Waals surface area contributed by atoms with Gasteiger partial charge in [0.1, 0.15) is 5.03 Å². The Hall–Kier alpha value is -2.41. The Morgan fingerprint density at radius 2 is 1.93 bits per heavy atom. The number of hydrogen-bond donors (Lipinski definition) is 0. The Bertz CT molecular complexity index is 995. The van der Waals surface area contributed by atoms with Gasteiger partial charge in [0.2, 0.25) is 5.95 Å². The van der Waals surface area contributed by atoms with Crippen LogP contribution in [0.4, 0.5) is 19.1 Å². The van der Waals surface area contributed by atoms with Gasteiger partial charge < -0.3 is 9.64 Å². The second-order valence-electron chi connectivity index (χ2n) is 6.11. The summed E-state index contributed by atoms with van der Waals surface area (Å²) in [5.41, 5.74) is 0.534. The predicted molar refractivity (Wildman–Crippen MR) is 93.4 cm³/mol. The zero-order valence-electron chi connectivity index (χ0n) is 15.1. The summed E-state index contributed by atoms with van der Waals surface area (Å²) in [6.45, 7) is 6.90. The van der Waals surface area contributed by atoms with Crippen molar-refractivity contribution in [2.75, 3.05) is 31.2 Å². The molecule has 0 amide bonds. The highest BCUT2D eigenvalue weighted by Crippen LogP contribution is 2.31. The molecule has 1 saturated heterocycles. The summed E-state index contributed by atoms with van der Waals surface area (Å²) in [6.07, 6.45) is -4.64. The van der Waals surface area contributed by atoms with Crippen molar-refractivity contribution in [2.45, 2.75) is 36.8 Å². The minimum Gasteiger partial charge on any atom is -0.378 e. The SMILES string of the molecule is CCn1c(Sc2cc(C)nc3nc(C(F)(F)F)nn23)nnc1N1CCOCC1. The molecule has 0 aliphatic carbocycles. The highest BCUT2D eigenvalue weighted by atomic mass is 32.2. The van der Waals surface area contributed by atoms with E-state index in [4.69, 9.17) is 4.74 Å². The first-order valence-corrected chi connectivity index (χ1v) is 9.44. The van der Waals surface area contributed by atoms with E-state index in [-0.39, 0.29) is 5.78 Å². The van der Waals surface area contributed by atoms with Crippen LogP contribution < -0.4 is 4.90 Å². The number of alkyl halides is 3. The van der Waals surface area contributed by atoms with Crippen LogP contribution in [-0.4, -0.2) is 60.6 Å². The van der Waals surface area contributed by atoms with Crippen LogP contribution in [0.15, 0.2) is 16.2 Å². The van der Waals surface area contributed by atoms with E-state index in [0.717, 1.165) is 4.52 Å². The predicted octanol–water partition coefficient (Wildman–Crippen LogP) is 2.05. The molecule has 0 radical (unpaired) electrons. The fourth-order valence-electron chi connectivity index (χ4n) is 2.87. The highest BCUT2D eigenvalue weighted by molar-refractivity contribution is 7.99. The molecule has 0 atom stereocenters. The number of morpholine rings is 1. The molecule has 0 unspecified atom stereocenters. The van der Waals surface area contributed by atoms with Crippen LogP contribution in [0.25, 0.3) is 5.78 Å². The number of anilines is 1. The lowest BCUT2D eigenvalue weighted by atomic mass is 10.4. The first-order valence-electron chi connectivity index (χ1n) is 8.62. The summed E-state index contributed by atoms with van der Waals surface area (Å²) in [4.78, 5) is 9.63. The zero-order chi connectivity index (χ0) is 19.9. The van der Waals surface area contributed by atoms with Crippen LogP contribution in [-0.2, 0) is 17.5 Å². The number of hydrogen-bond acceptors (Lipinski definition) is 8. The van der Waals surface area contributed by atoms with Crippen LogP contribution >= 0.6 is 11.8 Å². The molecule has 28 heavy (non-hydrogen) atoms. The van der Waals surface area contributed by atoms with Gasteiger partial charge in [0.05, 0.1) is 13.2 Å². The van der Waals surface area contributed by atoms with Gasteiger partial charge in [-0.15, -0.1) is 15.3 Å². The molecule has 4 rings (SSSR count). The standard InChI is InChI=1S/C15H17F3N8OS/c1-3-25-13(24-4-6-27-7-5-24)21-22-14(25)28-10-8-9(2)19-12-20-11(15(16,17)18)23-26(10)12/h8H,3-7H2,1-2H3. The molecule has 0 spiro atoms. The Morgan fingerprint density at radius 1 is 1.18 bits per heavy atom. The second kappa shape index (κ2) is 7.20. The third-order valence-corrected chi connectivity index (χ3v) is 5.15. The van der Waals surface area contributed by atoms with Gasteiger partial charge in [-0.25, -0.2) is 4.98 Å². The maximum Gasteiger partial charge on any atom is 0.453 e. The van der Waals surface area contributed by atoms with Crippen LogP contribution in [0.3, 0.4) is 0 Å². The fourth-order valence-corrected chi connectivity index (χ4v) is 3.90. The van der Waals surface area contributed by atoms with Crippen molar-refractivity contribution in [1.29, 1.82) is 0 Å². The van der Waals surface area contributed by atoms with Crippen LogP contribution in [0, 0.1) is 6.92 Å². The van der Waals surface area contributed by atoms with Gasteiger partial charge in [-0.2, -0.15) is 22.7 Å². The topological polar surface area (TPSA) is 86.3 Å². The number of nitrogens with zero attached hydrogens (tertiary/aromatic N) is 8. The summed E-state index contributed by atoms with van der Waals surface area (Å²) < 4.78 is 47.4. The number of aromatic nitrogens is 7. The summed E-state index contributed by atoms with van der Waals surface area (Å²) in [7, 11) is 0. The van der Waals surface area contributed by atoms with Crippen LogP contribution in [0.1, 0.15) is 18.4 Å². The lowest BCUT2D eigenvalue weighted by Gasteiger charge is -2.27. The van der Waals surface area contributed by atoms with E-state index in [1.54, 1.807) is 13.0 Å². The molecule has 1 fully saturated rings. The number of ether oxygens (including phenoxy) is 1. The molecule has 1 aliphatic rings. The maximum atomic E-state index is 13.0. The minimum absolute atomic E-state index is 0.106. The molecular weight excluding hydrogens is 397 g/mol. The van der Waals surface area contributed by atoms with Gasteiger partial charge in [0, 0.05) is 25.3 Å². The molecule has 3 aromatic rings. The molecule has 0 aromatic carbocycles. The van der Waals surface area contributed by atoms with Gasteiger partial charge in [-0.05, 0) is 31.7 Å². The summed E-state index contributed by atoms with van der Waals surface area (Å²) in [5, 5.41) is 13.1. The van der Waals surface area contributed by atoms with Crippen LogP contribution in [0.5, 0.6) is 0 Å². The van der Waals surface area contributed by atoms with E-state index in [1.807, 2.05) is 11.5 Å². The highest BCUT2D eigenvalue weighted by Gasteiger charge is 2.37. The van der Waals surface area contributed by atoms with Crippen molar-refractivity contribution in [3.05, 3.63) is 17.6 Å². The van der Waals surface area contributed by atoms with E-state index in [2.05, 4.69) is 30.2 Å². The molecule has 150 valence electrons. The van der Waals surface area contributed by atoms with Crippen molar-refractivity contribution in [1.82, 2.24) is 34.3 Å². The first kappa shape index (κ1) is 18.9. The largest absolute Gasteiger partial charge is 0.453 e. The van der Waals surface area contributed by atoms with Crippen molar-refractivity contribution in [3.8, 4) is 0 Å². The van der Waals surface area contributed by atoms with Crippen molar-refractivity contribution < 1.29 is 17.9 Å². The normalized spacial score (nSPS) is 15.5. The summed E-state index contributed by atoms with van der Waals surface area (Å²) in [6, 6.07) is 1.65. The molecule has 1 aliphatic heterocycles. The molecule has 3 aromatic heterocycles. The lowest BCUT2D eigenvalue weighted by molar-refractivity contribution is -0.144. The molecule has 13 heteroatoms. The maximum absolute atomic E-state index is 13.0. The minimum atomic E-state index is -4.64. The molecule has 0 saturated carbocycles. The molecule has 0 bridgehead atoms. The third-order valence-electron chi connectivity index (χ3n) is 4.16. The van der Waals surface area contributed by atoms with E-state index >= 15 is 0 Å².